The average molecular weight is 364 g/mol. The van der Waals surface area contributed by atoms with Crippen molar-refractivity contribution >= 4 is 34.1 Å². The van der Waals surface area contributed by atoms with E-state index in [1.165, 1.54) is 11.3 Å². The number of carboxylic acids is 1. The van der Waals surface area contributed by atoms with E-state index in [9.17, 15) is 19.5 Å². The van der Waals surface area contributed by atoms with Crippen molar-refractivity contribution in [2.75, 3.05) is 5.32 Å². The number of allylic oxidation sites excluding steroid dienone is 2. The molecule has 0 saturated carbocycles. The molecule has 0 saturated heterocycles. The van der Waals surface area contributed by atoms with Gasteiger partial charge in [-0.3, -0.25) is 14.4 Å². The molecule has 1 aliphatic carbocycles. The number of primary amides is 1. The van der Waals surface area contributed by atoms with Crippen LogP contribution in [0.2, 0.25) is 0 Å². The van der Waals surface area contributed by atoms with E-state index in [1.54, 1.807) is 0 Å². The summed E-state index contributed by atoms with van der Waals surface area (Å²) in [6, 6.07) is 0. The van der Waals surface area contributed by atoms with Gasteiger partial charge in [0.15, 0.2) is 0 Å². The molecule has 2 atom stereocenters. The van der Waals surface area contributed by atoms with Gasteiger partial charge in [-0.25, -0.2) is 0 Å². The Morgan fingerprint density at radius 3 is 2.20 bits per heavy atom. The van der Waals surface area contributed by atoms with E-state index in [0.717, 1.165) is 21.6 Å². The topological polar surface area (TPSA) is 109 Å². The van der Waals surface area contributed by atoms with Crippen LogP contribution in [0.15, 0.2) is 11.1 Å². The second-order valence-corrected chi connectivity index (χ2v) is 7.79. The molecule has 2 rings (SSSR count). The Balaban J connectivity index is 2.33. The Bertz CT molecular complexity index is 763. The van der Waals surface area contributed by atoms with Crippen LogP contribution in [0.25, 0.3) is 0 Å². The number of nitrogens with one attached hydrogen (secondary N) is 1. The standard InChI is InChI=1S/C18H24N2O4S/c1-5-11-10(4)25-17(14(11)15(19)21)20-16(22)12-6-8(2)9(3)7-13(12)18(23)24/h12-13H,5-7H2,1-4H3,(H2,19,21)(H,20,22)(H,23,24)/t12-,13+/m0/s1. The van der Waals surface area contributed by atoms with Crippen molar-refractivity contribution in [2.45, 2.75) is 47.0 Å². The zero-order valence-electron chi connectivity index (χ0n) is 14.9. The lowest BCUT2D eigenvalue weighted by atomic mass is 9.76. The summed E-state index contributed by atoms with van der Waals surface area (Å²) >= 11 is 1.30. The number of thiophene rings is 1. The Morgan fingerprint density at radius 2 is 1.72 bits per heavy atom. The number of aliphatic carboxylic acids is 1. The molecular weight excluding hydrogens is 340 g/mol. The van der Waals surface area contributed by atoms with Gasteiger partial charge >= 0.3 is 5.97 Å². The fourth-order valence-corrected chi connectivity index (χ4v) is 4.54. The lowest BCUT2D eigenvalue weighted by Gasteiger charge is -2.29. The summed E-state index contributed by atoms with van der Waals surface area (Å²) in [5, 5.41) is 12.7. The first-order valence-corrected chi connectivity index (χ1v) is 9.09. The Morgan fingerprint density at radius 1 is 1.16 bits per heavy atom. The molecule has 0 radical (unpaired) electrons. The van der Waals surface area contributed by atoms with Gasteiger partial charge < -0.3 is 16.2 Å². The third-order valence-electron chi connectivity index (χ3n) is 4.97. The van der Waals surface area contributed by atoms with E-state index < -0.39 is 23.7 Å². The van der Waals surface area contributed by atoms with Crippen LogP contribution in [-0.4, -0.2) is 22.9 Å². The van der Waals surface area contributed by atoms with Crippen molar-refractivity contribution in [2.24, 2.45) is 17.6 Å². The minimum Gasteiger partial charge on any atom is -0.481 e. The van der Waals surface area contributed by atoms with Gasteiger partial charge in [-0.1, -0.05) is 18.1 Å². The predicted octanol–water partition coefficient (Wildman–Crippen LogP) is 3.10. The summed E-state index contributed by atoms with van der Waals surface area (Å²) < 4.78 is 0. The third-order valence-corrected chi connectivity index (χ3v) is 6.03. The van der Waals surface area contributed by atoms with E-state index in [1.807, 2.05) is 27.7 Å². The number of hydrogen-bond acceptors (Lipinski definition) is 4. The van der Waals surface area contributed by atoms with Gasteiger partial charge in [0.05, 0.1) is 17.4 Å². The molecule has 0 bridgehead atoms. The van der Waals surface area contributed by atoms with E-state index in [4.69, 9.17) is 5.73 Å². The number of carbonyl (C=O) groups excluding carboxylic acids is 2. The molecule has 1 aromatic heterocycles. The van der Waals surface area contributed by atoms with Crippen LogP contribution < -0.4 is 11.1 Å². The first kappa shape index (κ1) is 19.2. The maximum Gasteiger partial charge on any atom is 0.307 e. The van der Waals surface area contributed by atoms with Crippen LogP contribution in [0.4, 0.5) is 5.00 Å². The summed E-state index contributed by atoms with van der Waals surface area (Å²) in [6.45, 7) is 7.63. The van der Waals surface area contributed by atoms with Gasteiger partial charge in [-0.2, -0.15) is 0 Å². The monoisotopic (exact) mass is 364 g/mol. The van der Waals surface area contributed by atoms with Crippen molar-refractivity contribution in [3.8, 4) is 0 Å². The SMILES string of the molecule is CCc1c(C)sc(NC(=O)[C@H]2CC(C)=C(C)C[C@H]2C(=O)O)c1C(N)=O. The van der Waals surface area contributed by atoms with Crippen LogP contribution in [0.5, 0.6) is 0 Å². The number of rotatable bonds is 5. The number of hydrogen-bond donors (Lipinski definition) is 3. The first-order valence-electron chi connectivity index (χ1n) is 8.28. The molecule has 0 aliphatic heterocycles. The molecule has 1 aliphatic rings. The number of carbonyl (C=O) groups is 3. The van der Waals surface area contributed by atoms with E-state index in [0.29, 0.717) is 29.8 Å². The van der Waals surface area contributed by atoms with Crippen LogP contribution in [0.1, 0.15) is 54.4 Å². The molecule has 0 aromatic carbocycles. The highest BCUT2D eigenvalue weighted by Crippen LogP contribution is 2.37. The number of amides is 2. The maximum atomic E-state index is 12.8. The Kier molecular flexibility index (Phi) is 5.67. The number of anilines is 1. The molecule has 1 heterocycles. The molecular formula is C18H24N2O4S. The van der Waals surface area contributed by atoms with Crippen LogP contribution in [-0.2, 0) is 16.0 Å². The second-order valence-electron chi connectivity index (χ2n) is 6.57. The molecule has 6 nitrogen and oxygen atoms in total. The van der Waals surface area contributed by atoms with Crippen molar-refractivity contribution in [3.63, 3.8) is 0 Å². The maximum absolute atomic E-state index is 12.8. The van der Waals surface area contributed by atoms with Gasteiger partial charge in [0.2, 0.25) is 5.91 Å². The molecule has 7 heteroatoms. The Labute approximate surface area is 151 Å². The highest BCUT2D eigenvalue weighted by Gasteiger charge is 2.38. The van der Waals surface area contributed by atoms with Crippen molar-refractivity contribution < 1.29 is 19.5 Å². The van der Waals surface area contributed by atoms with Crippen molar-refractivity contribution in [1.29, 1.82) is 0 Å². The largest absolute Gasteiger partial charge is 0.481 e. The minimum atomic E-state index is -0.973. The van der Waals surface area contributed by atoms with E-state index >= 15 is 0 Å². The molecule has 2 amide bonds. The van der Waals surface area contributed by atoms with Gasteiger partial charge in [-0.05, 0) is 45.6 Å². The van der Waals surface area contributed by atoms with Crippen LogP contribution in [0, 0.1) is 18.8 Å². The summed E-state index contributed by atoms with van der Waals surface area (Å²) in [5.41, 5.74) is 8.73. The zero-order chi connectivity index (χ0) is 18.9. The fraction of sp³-hybridized carbons (Fsp3) is 0.500. The molecule has 25 heavy (non-hydrogen) atoms. The molecule has 0 spiro atoms. The lowest BCUT2D eigenvalue weighted by Crippen LogP contribution is -2.36. The van der Waals surface area contributed by atoms with Gasteiger partial charge in [-0.15, -0.1) is 11.3 Å². The molecule has 0 unspecified atom stereocenters. The van der Waals surface area contributed by atoms with Crippen molar-refractivity contribution in [3.05, 3.63) is 27.2 Å². The Hall–Kier alpha value is -2.15. The summed E-state index contributed by atoms with van der Waals surface area (Å²) in [5.74, 6) is -3.34. The van der Waals surface area contributed by atoms with Gasteiger partial charge in [0.25, 0.3) is 5.91 Å². The van der Waals surface area contributed by atoms with Crippen molar-refractivity contribution in [1.82, 2.24) is 0 Å². The molecule has 1 aromatic rings. The average Bonchev–Trinajstić information content (AvgIpc) is 2.84. The molecule has 136 valence electrons. The molecule has 0 fully saturated rings. The normalized spacial score (nSPS) is 20.5. The first-order chi connectivity index (χ1) is 11.7. The highest BCUT2D eigenvalue weighted by molar-refractivity contribution is 7.16. The quantitative estimate of drug-likeness (QED) is 0.697. The van der Waals surface area contributed by atoms with Crippen LogP contribution in [0.3, 0.4) is 0 Å². The molecule has 4 N–H and O–H groups in total. The number of aryl methyl sites for hydroxylation is 1. The summed E-state index contributed by atoms with van der Waals surface area (Å²) in [7, 11) is 0. The number of carboxylic acid groups (broad SMARTS) is 1. The van der Waals surface area contributed by atoms with Crippen LogP contribution >= 0.6 is 11.3 Å². The smallest absolute Gasteiger partial charge is 0.307 e. The minimum absolute atomic E-state index is 0.337. The summed E-state index contributed by atoms with van der Waals surface area (Å²) in [6.07, 6.45) is 1.41. The third kappa shape index (κ3) is 3.76. The van der Waals surface area contributed by atoms with E-state index in [2.05, 4.69) is 5.32 Å². The van der Waals surface area contributed by atoms with Gasteiger partial charge in [0, 0.05) is 4.88 Å². The number of nitrogens with two attached hydrogens (primary N) is 1. The lowest BCUT2D eigenvalue weighted by molar-refractivity contribution is -0.146. The fourth-order valence-electron chi connectivity index (χ4n) is 3.39. The second kappa shape index (κ2) is 7.39. The van der Waals surface area contributed by atoms with Gasteiger partial charge in [0.1, 0.15) is 5.00 Å². The highest BCUT2D eigenvalue weighted by atomic mass is 32.1. The predicted molar refractivity (Wildman–Crippen MR) is 97.8 cm³/mol. The zero-order valence-corrected chi connectivity index (χ0v) is 15.8. The van der Waals surface area contributed by atoms with E-state index in [-0.39, 0.29) is 5.91 Å². The summed E-state index contributed by atoms with van der Waals surface area (Å²) in [4.78, 5) is 37.1.